The second-order valence-corrected chi connectivity index (χ2v) is 10.4. The molecule has 0 radical (unpaired) electrons. The second kappa shape index (κ2) is 7.35. The topological polar surface area (TPSA) is 25.8 Å². The van der Waals surface area contributed by atoms with E-state index in [9.17, 15) is 0 Å². The molecule has 33 heavy (non-hydrogen) atoms. The van der Waals surface area contributed by atoms with Crippen LogP contribution in [0.15, 0.2) is 91.0 Å². The minimum absolute atomic E-state index is 0.278. The molecule has 2 nitrogen and oxygen atoms in total. The molecule has 0 aliphatic heterocycles. The van der Waals surface area contributed by atoms with Crippen LogP contribution in [0.2, 0.25) is 5.28 Å². The van der Waals surface area contributed by atoms with E-state index < -0.39 is 0 Å². The summed E-state index contributed by atoms with van der Waals surface area (Å²) in [5.74, 6) is 0. The van der Waals surface area contributed by atoms with Gasteiger partial charge in [-0.25, -0.2) is 9.97 Å². The standard InChI is InChI=1S/C28H15ClN2S2/c29-28-30-24(20-11-6-10-19-18-9-4-5-12-22(18)32-26(19)20)27-25(31-28)21-15-17(13-14-23(21)33-27)16-7-2-1-3-8-16/h1-15H. The molecule has 0 bridgehead atoms. The number of fused-ring (bicyclic) bond motifs is 6. The summed E-state index contributed by atoms with van der Waals surface area (Å²) in [6, 6.07) is 32.0. The van der Waals surface area contributed by atoms with Gasteiger partial charge in [0.05, 0.1) is 15.9 Å². The Bertz CT molecular complexity index is 1830. The van der Waals surface area contributed by atoms with Crippen molar-refractivity contribution in [2.45, 2.75) is 0 Å². The van der Waals surface area contributed by atoms with E-state index in [0.717, 1.165) is 26.9 Å². The molecule has 0 N–H and O–H groups in total. The van der Waals surface area contributed by atoms with Gasteiger partial charge in [0.2, 0.25) is 5.28 Å². The van der Waals surface area contributed by atoms with E-state index in [0.29, 0.717) is 0 Å². The Labute approximate surface area is 202 Å². The highest BCUT2D eigenvalue weighted by atomic mass is 35.5. The average Bonchev–Trinajstić information content (AvgIpc) is 3.42. The largest absolute Gasteiger partial charge is 0.223 e. The van der Waals surface area contributed by atoms with Crippen molar-refractivity contribution in [1.29, 1.82) is 0 Å². The van der Waals surface area contributed by atoms with Crippen molar-refractivity contribution >= 4 is 74.7 Å². The molecule has 0 aliphatic rings. The number of nitrogens with zero attached hydrogens (tertiary/aromatic N) is 2. The molecule has 0 atom stereocenters. The zero-order valence-electron chi connectivity index (χ0n) is 17.2. The summed E-state index contributed by atoms with van der Waals surface area (Å²) in [6.45, 7) is 0. The highest BCUT2D eigenvalue weighted by molar-refractivity contribution is 7.27. The lowest BCUT2D eigenvalue weighted by molar-refractivity contribution is 1.24. The SMILES string of the molecule is Clc1nc(-c2cccc3c2sc2ccccc23)c2sc3ccc(-c4ccccc4)cc3c2n1. The van der Waals surface area contributed by atoms with Gasteiger partial charge in [0.25, 0.3) is 0 Å². The van der Waals surface area contributed by atoms with E-state index in [2.05, 4.69) is 89.9 Å². The molecule has 0 spiro atoms. The van der Waals surface area contributed by atoms with Crippen molar-refractivity contribution < 1.29 is 0 Å². The first-order valence-corrected chi connectivity index (χ1v) is 12.6. The normalized spacial score (nSPS) is 11.8. The molecule has 5 heteroatoms. The first kappa shape index (κ1) is 19.2. The van der Waals surface area contributed by atoms with E-state index in [1.807, 2.05) is 6.07 Å². The molecular weight excluding hydrogens is 464 g/mol. The number of hydrogen-bond donors (Lipinski definition) is 0. The van der Waals surface area contributed by atoms with Gasteiger partial charge < -0.3 is 0 Å². The third kappa shape index (κ3) is 2.99. The van der Waals surface area contributed by atoms with Crippen LogP contribution in [0.25, 0.3) is 62.9 Å². The number of rotatable bonds is 2. The van der Waals surface area contributed by atoms with E-state index in [1.54, 1.807) is 22.7 Å². The minimum atomic E-state index is 0.278. The van der Waals surface area contributed by atoms with Crippen LogP contribution in [0.1, 0.15) is 0 Å². The van der Waals surface area contributed by atoms with E-state index in [1.165, 1.54) is 36.0 Å². The lowest BCUT2D eigenvalue weighted by atomic mass is 10.0. The Morgan fingerprint density at radius 1 is 0.576 bits per heavy atom. The Morgan fingerprint density at radius 2 is 1.33 bits per heavy atom. The minimum Gasteiger partial charge on any atom is -0.216 e. The highest BCUT2D eigenvalue weighted by Crippen LogP contribution is 2.44. The molecule has 0 amide bonds. The van der Waals surface area contributed by atoms with E-state index in [-0.39, 0.29) is 5.28 Å². The van der Waals surface area contributed by atoms with Crippen molar-refractivity contribution in [3.63, 3.8) is 0 Å². The van der Waals surface area contributed by atoms with Crippen LogP contribution < -0.4 is 0 Å². The molecule has 3 heterocycles. The lowest BCUT2D eigenvalue weighted by Gasteiger charge is -2.05. The van der Waals surface area contributed by atoms with Crippen LogP contribution in [-0.4, -0.2) is 9.97 Å². The number of halogens is 1. The van der Waals surface area contributed by atoms with Crippen LogP contribution in [0.3, 0.4) is 0 Å². The molecule has 0 unspecified atom stereocenters. The van der Waals surface area contributed by atoms with Gasteiger partial charge in [-0.15, -0.1) is 22.7 Å². The van der Waals surface area contributed by atoms with Crippen LogP contribution >= 0.6 is 34.3 Å². The molecule has 7 rings (SSSR count). The van der Waals surface area contributed by atoms with Crippen molar-refractivity contribution in [1.82, 2.24) is 9.97 Å². The third-order valence-electron chi connectivity index (χ3n) is 6.05. The summed E-state index contributed by atoms with van der Waals surface area (Å²) in [7, 11) is 0. The first-order chi connectivity index (χ1) is 16.3. The summed E-state index contributed by atoms with van der Waals surface area (Å²) in [6.07, 6.45) is 0. The Balaban J connectivity index is 1.53. The quantitative estimate of drug-likeness (QED) is 0.231. The number of thiophene rings is 2. The lowest BCUT2D eigenvalue weighted by Crippen LogP contribution is -1.89. The monoisotopic (exact) mass is 478 g/mol. The zero-order valence-corrected chi connectivity index (χ0v) is 19.6. The van der Waals surface area contributed by atoms with Gasteiger partial charge in [-0.05, 0) is 40.9 Å². The number of benzene rings is 4. The van der Waals surface area contributed by atoms with Crippen molar-refractivity contribution in [3.05, 3.63) is 96.3 Å². The van der Waals surface area contributed by atoms with E-state index in [4.69, 9.17) is 16.6 Å². The van der Waals surface area contributed by atoms with Crippen LogP contribution in [0.4, 0.5) is 0 Å². The predicted octanol–water partition coefficient (Wildman–Crippen LogP) is 9.20. The molecule has 0 saturated heterocycles. The third-order valence-corrected chi connectivity index (χ3v) is 8.61. The molecule has 4 aromatic carbocycles. The smallest absolute Gasteiger partial charge is 0.216 e. The van der Waals surface area contributed by atoms with Gasteiger partial charge in [-0.3, -0.25) is 0 Å². The summed E-state index contributed by atoms with van der Waals surface area (Å²) in [4.78, 5) is 9.41. The Morgan fingerprint density at radius 3 is 2.24 bits per heavy atom. The fourth-order valence-corrected chi connectivity index (χ4v) is 7.06. The van der Waals surface area contributed by atoms with Crippen molar-refractivity contribution in [2.24, 2.45) is 0 Å². The van der Waals surface area contributed by atoms with Crippen LogP contribution in [-0.2, 0) is 0 Å². The van der Waals surface area contributed by atoms with Gasteiger partial charge >= 0.3 is 0 Å². The molecule has 0 fully saturated rings. The fraction of sp³-hybridized carbons (Fsp3) is 0. The maximum atomic E-state index is 6.50. The van der Waals surface area contributed by atoms with E-state index >= 15 is 0 Å². The van der Waals surface area contributed by atoms with Crippen molar-refractivity contribution in [2.75, 3.05) is 0 Å². The molecule has 3 aromatic heterocycles. The molecule has 156 valence electrons. The highest BCUT2D eigenvalue weighted by Gasteiger charge is 2.18. The molecular formula is C28H15ClN2S2. The number of aromatic nitrogens is 2. The fourth-order valence-electron chi connectivity index (χ4n) is 4.54. The van der Waals surface area contributed by atoms with Gasteiger partial charge in [0.1, 0.15) is 0 Å². The van der Waals surface area contributed by atoms with Gasteiger partial charge in [0, 0.05) is 35.8 Å². The van der Waals surface area contributed by atoms with Crippen LogP contribution in [0.5, 0.6) is 0 Å². The van der Waals surface area contributed by atoms with Gasteiger partial charge in [0.15, 0.2) is 0 Å². The summed E-state index contributed by atoms with van der Waals surface area (Å²) in [5, 5.41) is 3.92. The first-order valence-electron chi connectivity index (χ1n) is 10.6. The summed E-state index contributed by atoms with van der Waals surface area (Å²) < 4.78 is 4.77. The maximum absolute atomic E-state index is 6.50. The van der Waals surface area contributed by atoms with Gasteiger partial charge in [-0.2, -0.15) is 0 Å². The molecule has 0 saturated carbocycles. The summed E-state index contributed by atoms with van der Waals surface area (Å²) >= 11 is 10.0. The predicted molar refractivity (Wildman–Crippen MR) is 144 cm³/mol. The zero-order chi connectivity index (χ0) is 21.9. The number of hydrogen-bond acceptors (Lipinski definition) is 4. The second-order valence-electron chi connectivity index (χ2n) is 7.98. The molecule has 0 aliphatic carbocycles. The Hall–Kier alpha value is -3.31. The van der Waals surface area contributed by atoms with Crippen molar-refractivity contribution in [3.8, 4) is 22.4 Å². The average molecular weight is 479 g/mol. The molecule has 7 aromatic rings. The van der Waals surface area contributed by atoms with Crippen LogP contribution in [0, 0.1) is 0 Å². The summed E-state index contributed by atoms with van der Waals surface area (Å²) in [5.41, 5.74) is 5.29. The maximum Gasteiger partial charge on any atom is 0.223 e. The Kier molecular flexibility index (Phi) is 4.28. The van der Waals surface area contributed by atoms with Gasteiger partial charge in [-0.1, -0.05) is 72.8 Å².